The van der Waals surface area contributed by atoms with Crippen molar-refractivity contribution in [3.05, 3.63) is 0 Å². The van der Waals surface area contributed by atoms with Gasteiger partial charge < -0.3 is 10.8 Å². The quantitative estimate of drug-likeness (QED) is 0.177. The highest BCUT2D eigenvalue weighted by molar-refractivity contribution is 8.93. The Labute approximate surface area is 169 Å². The summed E-state index contributed by atoms with van der Waals surface area (Å²) in [6, 6.07) is 0. The Morgan fingerprint density at radius 2 is 0.960 bits per heavy atom. The van der Waals surface area contributed by atoms with Crippen molar-refractivity contribution >= 4 is 17.0 Å². The molecule has 0 fully saturated rings. The molecule has 0 spiro atoms. The Balaban J connectivity index is 0. The molecule has 0 heterocycles. The fourth-order valence-corrected chi connectivity index (χ4v) is 3.29. The molecule has 2 nitrogen and oxygen atoms in total. The molecule has 0 aliphatic rings. The van der Waals surface area contributed by atoms with Crippen molar-refractivity contribution in [1.29, 1.82) is 0 Å². The Morgan fingerprint density at radius 3 is 1.24 bits per heavy atom. The van der Waals surface area contributed by atoms with Crippen LogP contribution in [0.4, 0.5) is 0 Å². The molecule has 0 rings (SSSR count). The van der Waals surface area contributed by atoms with Crippen LogP contribution >= 0.6 is 17.0 Å². The average Bonchev–Trinajstić information content (AvgIpc) is 2.53. The molecule has 0 bridgehead atoms. The summed E-state index contributed by atoms with van der Waals surface area (Å²) in [5.74, 6) is 0.198. The maximum atomic E-state index is 9.69. The number of aliphatic hydroxyl groups is 1. The van der Waals surface area contributed by atoms with Crippen LogP contribution in [0.2, 0.25) is 0 Å². The predicted octanol–water partition coefficient (Wildman–Crippen LogP) is 7.52. The summed E-state index contributed by atoms with van der Waals surface area (Å²) in [5.41, 5.74) is 4.70. The lowest BCUT2D eigenvalue weighted by Crippen LogP contribution is -2.42. The van der Waals surface area contributed by atoms with Gasteiger partial charge in [0.2, 0.25) is 0 Å². The minimum atomic E-state index is -1.00. The molecule has 0 radical (unpaired) electrons. The van der Waals surface area contributed by atoms with E-state index in [1.165, 1.54) is 103 Å². The lowest BCUT2D eigenvalue weighted by atomic mass is 9.93. The Bertz CT molecular complexity index is 253. The van der Waals surface area contributed by atoms with E-state index < -0.39 is 5.72 Å². The van der Waals surface area contributed by atoms with E-state index in [2.05, 4.69) is 6.92 Å². The molecule has 25 heavy (non-hydrogen) atoms. The summed E-state index contributed by atoms with van der Waals surface area (Å²) in [6.07, 6.45) is 23.5. The first-order valence-electron chi connectivity index (χ1n) is 11.0. The topological polar surface area (TPSA) is 46.2 Å². The van der Waals surface area contributed by atoms with Gasteiger partial charge in [-0.2, -0.15) is 0 Å². The number of halogens is 1. The first-order valence-corrected chi connectivity index (χ1v) is 11.0. The number of nitrogens with two attached hydrogens (primary N) is 1. The van der Waals surface area contributed by atoms with Gasteiger partial charge in [0.25, 0.3) is 0 Å². The molecule has 2 atom stereocenters. The monoisotopic (exact) mass is 421 g/mol. The van der Waals surface area contributed by atoms with E-state index in [9.17, 15) is 5.11 Å². The second-order valence-electron chi connectivity index (χ2n) is 8.22. The number of hydrogen-bond acceptors (Lipinski definition) is 2. The molecule has 0 aliphatic carbocycles. The Hall–Kier alpha value is 0.400. The van der Waals surface area contributed by atoms with Gasteiger partial charge in [-0.15, -0.1) is 17.0 Å². The summed E-state index contributed by atoms with van der Waals surface area (Å²) < 4.78 is 0. The SMILES string of the molecule is Br.CCCCCCCCCCCCCCCCCCC(C)C(C)(N)O. The number of rotatable bonds is 18. The van der Waals surface area contributed by atoms with E-state index in [4.69, 9.17) is 5.73 Å². The molecule has 2 unspecified atom stereocenters. The molecular formula is C22H48BrNO. The van der Waals surface area contributed by atoms with E-state index in [0.29, 0.717) is 0 Å². The van der Waals surface area contributed by atoms with Gasteiger partial charge >= 0.3 is 0 Å². The average molecular weight is 423 g/mol. The first-order chi connectivity index (χ1) is 11.5. The number of hydrogen-bond donors (Lipinski definition) is 2. The lowest BCUT2D eigenvalue weighted by molar-refractivity contribution is 0.00810. The van der Waals surface area contributed by atoms with Gasteiger partial charge in [-0.1, -0.05) is 117 Å². The summed E-state index contributed by atoms with van der Waals surface area (Å²) in [6.45, 7) is 6.04. The largest absolute Gasteiger partial charge is 0.376 e. The van der Waals surface area contributed by atoms with Crippen molar-refractivity contribution in [2.24, 2.45) is 11.7 Å². The van der Waals surface area contributed by atoms with E-state index in [-0.39, 0.29) is 22.9 Å². The standard InChI is InChI=1S/C22H47NO.BrH/c1-4-5-6-7-8-9-10-11-12-13-14-15-16-17-18-19-20-21(2)22(3,23)24;/h21,24H,4-20,23H2,1-3H3;1H. The predicted molar refractivity (Wildman–Crippen MR) is 118 cm³/mol. The van der Waals surface area contributed by atoms with Crippen LogP contribution in [0.25, 0.3) is 0 Å². The van der Waals surface area contributed by atoms with Gasteiger partial charge in [0.05, 0.1) is 0 Å². The smallest absolute Gasteiger partial charge is 0.113 e. The molecule has 0 aromatic heterocycles. The van der Waals surface area contributed by atoms with Crippen LogP contribution < -0.4 is 5.73 Å². The minimum Gasteiger partial charge on any atom is -0.376 e. The number of unbranched alkanes of at least 4 members (excludes halogenated alkanes) is 15. The van der Waals surface area contributed by atoms with Gasteiger partial charge in [0, 0.05) is 0 Å². The maximum absolute atomic E-state index is 9.69. The van der Waals surface area contributed by atoms with Crippen LogP contribution in [0.15, 0.2) is 0 Å². The maximum Gasteiger partial charge on any atom is 0.113 e. The molecule has 3 N–H and O–H groups in total. The molecule has 0 aromatic carbocycles. The molecule has 0 amide bonds. The minimum absolute atomic E-state index is 0. The molecule has 3 heteroatoms. The molecule has 0 saturated heterocycles. The van der Waals surface area contributed by atoms with Crippen molar-refractivity contribution in [2.45, 2.75) is 136 Å². The van der Waals surface area contributed by atoms with E-state index in [1.807, 2.05) is 6.92 Å². The Morgan fingerprint density at radius 1 is 0.680 bits per heavy atom. The van der Waals surface area contributed by atoms with Crippen LogP contribution in [-0.2, 0) is 0 Å². The van der Waals surface area contributed by atoms with Gasteiger partial charge in [-0.3, -0.25) is 0 Å². The zero-order valence-electron chi connectivity index (χ0n) is 17.5. The highest BCUT2D eigenvalue weighted by Crippen LogP contribution is 2.19. The van der Waals surface area contributed by atoms with Crippen molar-refractivity contribution < 1.29 is 5.11 Å². The summed E-state index contributed by atoms with van der Waals surface area (Å²) in [5, 5.41) is 9.69. The summed E-state index contributed by atoms with van der Waals surface area (Å²) in [4.78, 5) is 0. The molecule has 0 saturated carbocycles. The van der Waals surface area contributed by atoms with E-state index in [1.54, 1.807) is 6.92 Å². The fourth-order valence-electron chi connectivity index (χ4n) is 3.29. The van der Waals surface area contributed by atoms with Gasteiger partial charge in [0.15, 0.2) is 0 Å². The van der Waals surface area contributed by atoms with Gasteiger partial charge in [-0.25, -0.2) is 0 Å². The zero-order chi connectivity index (χ0) is 18.1. The summed E-state index contributed by atoms with van der Waals surface area (Å²) >= 11 is 0. The highest BCUT2D eigenvalue weighted by Gasteiger charge is 2.21. The van der Waals surface area contributed by atoms with Crippen LogP contribution in [0.3, 0.4) is 0 Å². The van der Waals surface area contributed by atoms with Crippen LogP contribution in [0.5, 0.6) is 0 Å². The molecule has 0 aromatic rings. The highest BCUT2D eigenvalue weighted by atomic mass is 79.9. The van der Waals surface area contributed by atoms with Gasteiger partial charge in [0.1, 0.15) is 5.72 Å². The van der Waals surface area contributed by atoms with Crippen molar-refractivity contribution in [2.75, 3.05) is 0 Å². The Kier molecular flexibility index (Phi) is 21.2. The normalized spacial score (nSPS) is 14.8. The van der Waals surface area contributed by atoms with E-state index >= 15 is 0 Å². The third-order valence-electron chi connectivity index (χ3n) is 5.49. The van der Waals surface area contributed by atoms with Crippen molar-refractivity contribution in [3.63, 3.8) is 0 Å². The van der Waals surface area contributed by atoms with Crippen molar-refractivity contribution in [3.8, 4) is 0 Å². The van der Waals surface area contributed by atoms with Crippen LogP contribution in [0, 0.1) is 5.92 Å². The lowest BCUT2D eigenvalue weighted by Gasteiger charge is -2.25. The van der Waals surface area contributed by atoms with E-state index in [0.717, 1.165) is 6.42 Å². The van der Waals surface area contributed by atoms with Gasteiger partial charge in [-0.05, 0) is 19.3 Å². The van der Waals surface area contributed by atoms with Crippen LogP contribution in [0.1, 0.15) is 130 Å². The van der Waals surface area contributed by atoms with Crippen LogP contribution in [-0.4, -0.2) is 10.8 Å². The van der Waals surface area contributed by atoms with Crippen molar-refractivity contribution in [1.82, 2.24) is 0 Å². The second-order valence-corrected chi connectivity index (χ2v) is 8.22. The molecule has 154 valence electrons. The molecule has 0 aliphatic heterocycles. The molecular weight excluding hydrogens is 374 g/mol. The third kappa shape index (κ3) is 20.6. The second kappa shape index (κ2) is 19.2. The summed E-state index contributed by atoms with van der Waals surface area (Å²) in [7, 11) is 0. The fraction of sp³-hybridized carbons (Fsp3) is 1.00. The zero-order valence-corrected chi connectivity index (χ0v) is 19.2. The third-order valence-corrected chi connectivity index (χ3v) is 5.49. The first kappa shape index (κ1) is 27.6.